The Morgan fingerprint density at radius 1 is 1.29 bits per heavy atom. The molecule has 0 radical (unpaired) electrons. The quantitative estimate of drug-likeness (QED) is 0.768. The standard InChI is InChI=1S/C17H19FN6/c18-12-3-4-17-21-10-14(24(17)11-12)8-16-20-7-5-15(23-16)22-13-2-1-6-19-9-13/h3-5,7,10-11,13,19H,1-2,6,8-9H2,(H,20,22,23). The molecule has 124 valence electrons. The van der Waals surface area contributed by atoms with Gasteiger partial charge in [-0.15, -0.1) is 0 Å². The molecular formula is C17H19FN6. The van der Waals surface area contributed by atoms with Crippen LogP contribution in [-0.4, -0.2) is 38.5 Å². The molecule has 3 aromatic rings. The number of fused-ring (bicyclic) bond motifs is 1. The van der Waals surface area contributed by atoms with Gasteiger partial charge in [0.25, 0.3) is 0 Å². The third-order valence-electron chi connectivity index (χ3n) is 4.24. The average molecular weight is 326 g/mol. The fourth-order valence-electron chi connectivity index (χ4n) is 3.05. The molecule has 1 atom stereocenters. The van der Waals surface area contributed by atoms with Crippen LogP contribution < -0.4 is 10.6 Å². The maximum absolute atomic E-state index is 13.5. The summed E-state index contributed by atoms with van der Waals surface area (Å²) in [6, 6.07) is 5.34. The van der Waals surface area contributed by atoms with E-state index in [1.165, 1.54) is 18.7 Å². The molecule has 2 N–H and O–H groups in total. The lowest BCUT2D eigenvalue weighted by molar-refractivity contribution is 0.479. The first-order valence-electron chi connectivity index (χ1n) is 8.18. The molecule has 0 spiro atoms. The van der Waals surface area contributed by atoms with Gasteiger partial charge < -0.3 is 15.0 Å². The maximum Gasteiger partial charge on any atom is 0.139 e. The summed E-state index contributed by atoms with van der Waals surface area (Å²) in [5, 5.41) is 6.83. The van der Waals surface area contributed by atoms with E-state index in [0.717, 1.165) is 31.0 Å². The first-order valence-corrected chi connectivity index (χ1v) is 8.18. The van der Waals surface area contributed by atoms with Crippen LogP contribution in [0.2, 0.25) is 0 Å². The molecule has 4 rings (SSSR count). The molecular weight excluding hydrogens is 307 g/mol. The molecule has 0 saturated carbocycles. The van der Waals surface area contributed by atoms with Crippen molar-refractivity contribution in [2.24, 2.45) is 0 Å². The molecule has 4 heterocycles. The summed E-state index contributed by atoms with van der Waals surface area (Å²) in [6.07, 6.45) is 7.74. The van der Waals surface area contributed by atoms with Crippen LogP contribution in [0, 0.1) is 5.82 Å². The average Bonchev–Trinajstić information content (AvgIpc) is 2.98. The molecule has 1 aliphatic heterocycles. The van der Waals surface area contributed by atoms with Crippen molar-refractivity contribution in [2.45, 2.75) is 25.3 Å². The van der Waals surface area contributed by atoms with E-state index in [0.29, 0.717) is 23.9 Å². The normalized spacial score (nSPS) is 18.0. The maximum atomic E-state index is 13.5. The molecule has 1 saturated heterocycles. The molecule has 1 aliphatic rings. The topological polar surface area (TPSA) is 67.1 Å². The molecule has 7 heteroatoms. The van der Waals surface area contributed by atoms with Crippen LogP contribution in [0.5, 0.6) is 0 Å². The van der Waals surface area contributed by atoms with Crippen molar-refractivity contribution >= 4 is 11.5 Å². The fourth-order valence-corrected chi connectivity index (χ4v) is 3.05. The number of rotatable bonds is 4. The van der Waals surface area contributed by atoms with Crippen LogP contribution in [0.15, 0.2) is 36.8 Å². The highest BCUT2D eigenvalue weighted by atomic mass is 19.1. The van der Waals surface area contributed by atoms with E-state index in [2.05, 4.69) is 25.6 Å². The monoisotopic (exact) mass is 326 g/mol. The molecule has 1 fully saturated rings. The first kappa shape index (κ1) is 15.0. The van der Waals surface area contributed by atoms with Crippen LogP contribution in [0.25, 0.3) is 5.65 Å². The Morgan fingerprint density at radius 2 is 2.25 bits per heavy atom. The number of aromatic nitrogens is 4. The number of imidazole rings is 1. The number of hydrogen-bond acceptors (Lipinski definition) is 5. The van der Waals surface area contributed by atoms with Crippen LogP contribution in [0.1, 0.15) is 24.4 Å². The van der Waals surface area contributed by atoms with E-state index in [1.807, 2.05) is 6.07 Å². The van der Waals surface area contributed by atoms with Crippen molar-refractivity contribution in [2.75, 3.05) is 18.4 Å². The molecule has 6 nitrogen and oxygen atoms in total. The van der Waals surface area contributed by atoms with Crippen molar-refractivity contribution < 1.29 is 4.39 Å². The van der Waals surface area contributed by atoms with Gasteiger partial charge in [-0.3, -0.25) is 0 Å². The molecule has 0 aromatic carbocycles. The van der Waals surface area contributed by atoms with Crippen LogP contribution in [-0.2, 0) is 6.42 Å². The molecule has 3 aromatic heterocycles. The Kier molecular flexibility index (Phi) is 4.08. The Balaban J connectivity index is 1.53. The van der Waals surface area contributed by atoms with Gasteiger partial charge in [0.05, 0.1) is 12.1 Å². The van der Waals surface area contributed by atoms with Crippen molar-refractivity contribution in [3.05, 3.63) is 54.1 Å². The van der Waals surface area contributed by atoms with Crippen molar-refractivity contribution in [1.82, 2.24) is 24.7 Å². The van der Waals surface area contributed by atoms with Crippen molar-refractivity contribution in [1.29, 1.82) is 0 Å². The lowest BCUT2D eigenvalue weighted by atomic mass is 10.1. The third-order valence-corrected chi connectivity index (χ3v) is 4.24. The highest BCUT2D eigenvalue weighted by molar-refractivity contribution is 5.41. The van der Waals surface area contributed by atoms with E-state index in [-0.39, 0.29) is 5.82 Å². The number of nitrogens with one attached hydrogen (secondary N) is 2. The molecule has 0 amide bonds. The Morgan fingerprint density at radius 3 is 3.12 bits per heavy atom. The van der Waals surface area contributed by atoms with Gasteiger partial charge in [0.1, 0.15) is 23.1 Å². The minimum Gasteiger partial charge on any atom is -0.366 e. The van der Waals surface area contributed by atoms with Gasteiger partial charge in [0.15, 0.2) is 0 Å². The zero-order valence-electron chi connectivity index (χ0n) is 13.2. The summed E-state index contributed by atoms with van der Waals surface area (Å²) in [6.45, 7) is 2.03. The number of pyridine rings is 1. The minimum absolute atomic E-state index is 0.289. The number of piperidine rings is 1. The zero-order valence-corrected chi connectivity index (χ0v) is 13.2. The summed E-state index contributed by atoms with van der Waals surface area (Å²) in [5.74, 6) is 1.23. The van der Waals surface area contributed by atoms with Gasteiger partial charge in [-0.2, -0.15) is 0 Å². The largest absolute Gasteiger partial charge is 0.366 e. The van der Waals surface area contributed by atoms with Crippen LogP contribution in [0.4, 0.5) is 10.2 Å². The summed E-state index contributed by atoms with van der Waals surface area (Å²) >= 11 is 0. The van der Waals surface area contributed by atoms with Gasteiger partial charge >= 0.3 is 0 Å². The number of anilines is 1. The van der Waals surface area contributed by atoms with E-state index in [1.54, 1.807) is 22.9 Å². The lowest BCUT2D eigenvalue weighted by Gasteiger charge is -2.24. The van der Waals surface area contributed by atoms with Crippen molar-refractivity contribution in [3.63, 3.8) is 0 Å². The smallest absolute Gasteiger partial charge is 0.139 e. The Hall–Kier alpha value is -2.54. The third kappa shape index (κ3) is 3.21. The minimum atomic E-state index is -0.289. The first-order chi connectivity index (χ1) is 11.8. The molecule has 24 heavy (non-hydrogen) atoms. The molecule has 0 bridgehead atoms. The lowest BCUT2D eigenvalue weighted by Crippen LogP contribution is -2.38. The second-order valence-corrected chi connectivity index (χ2v) is 6.05. The predicted octanol–water partition coefficient (Wildman–Crippen LogP) is 2.02. The van der Waals surface area contributed by atoms with E-state index in [4.69, 9.17) is 0 Å². The van der Waals surface area contributed by atoms with Gasteiger partial charge in [-0.05, 0) is 37.6 Å². The van der Waals surface area contributed by atoms with Gasteiger partial charge in [-0.25, -0.2) is 19.3 Å². The Labute approximate surface area is 139 Å². The summed E-state index contributed by atoms with van der Waals surface area (Å²) in [7, 11) is 0. The van der Waals surface area contributed by atoms with Gasteiger partial charge in [0, 0.05) is 31.2 Å². The van der Waals surface area contributed by atoms with Gasteiger partial charge in [-0.1, -0.05) is 0 Å². The second kappa shape index (κ2) is 6.52. The van der Waals surface area contributed by atoms with E-state index >= 15 is 0 Å². The second-order valence-electron chi connectivity index (χ2n) is 6.05. The van der Waals surface area contributed by atoms with Crippen LogP contribution >= 0.6 is 0 Å². The van der Waals surface area contributed by atoms with E-state index in [9.17, 15) is 4.39 Å². The molecule has 1 unspecified atom stereocenters. The van der Waals surface area contributed by atoms with E-state index < -0.39 is 0 Å². The number of hydrogen-bond donors (Lipinski definition) is 2. The number of nitrogens with zero attached hydrogens (tertiary/aromatic N) is 4. The van der Waals surface area contributed by atoms with Crippen LogP contribution in [0.3, 0.4) is 0 Å². The van der Waals surface area contributed by atoms with Gasteiger partial charge in [0.2, 0.25) is 0 Å². The summed E-state index contributed by atoms with van der Waals surface area (Å²) in [4.78, 5) is 13.2. The summed E-state index contributed by atoms with van der Waals surface area (Å²) in [5.41, 5.74) is 1.58. The highest BCUT2D eigenvalue weighted by Crippen LogP contribution is 2.14. The Bertz CT molecular complexity index is 840. The SMILES string of the molecule is Fc1ccc2ncc(Cc3nccc(NC4CCCNC4)n3)n2c1. The fraction of sp³-hybridized carbons (Fsp3) is 0.353. The highest BCUT2D eigenvalue weighted by Gasteiger charge is 2.13. The van der Waals surface area contributed by atoms with Crippen molar-refractivity contribution in [3.8, 4) is 0 Å². The predicted molar refractivity (Wildman–Crippen MR) is 89.5 cm³/mol. The summed E-state index contributed by atoms with van der Waals surface area (Å²) < 4.78 is 15.2. The molecule has 0 aliphatic carbocycles. The number of halogens is 1. The zero-order chi connectivity index (χ0) is 16.4.